The summed E-state index contributed by atoms with van der Waals surface area (Å²) in [5.41, 5.74) is 1.27. The zero-order chi connectivity index (χ0) is 22.9. The highest BCUT2D eigenvalue weighted by atomic mass is 127. The first-order chi connectivity index (χ1) is 16.2. The smallest absolute Gasteiger partial charge is 0.224 e. The maximum absolute atomic E-state index is 12.7. The first-order valence-corrected chi connectivity index (χ1v) is 12.0. The molecule has 2 aliphatic heterocycles. The summed E-state index contributed by atoms with van der Waals surface area (Å²) < 4.78 is 0. The van der Waals surface area contributed by atoms with Crippen LogP contribution in [0.3, 0.4) is 0 Å². The van der Waals surface area contributed by atoms with Gasteiger partial charge in [-0.15, -0.1) is 24.0 Å². The number of aliphatic imine (C=N–C) groups is 1. The predicted octanol–water partition coefficient (Wildman–Crippen LogP) is 2.53. The van der Waals surface area contributed by atoms with Crippen LogP contribution in [0.15, 0.2) is 59.7 Å². The number of guanidine groups is 1. The Kier molecular flexibility index (Phi) is 10.2. The fraction of sp³-hybridized carbons (Fsp3) is 0.480. The van der Waals surface area contributed by atoms with Gasteiger partial charge < -0.3 is 24.9 Å². The number of carbonyl (C=O) groups is 1. The number of anilines is 2. The number of hydrogen-bond acceptors (Lipinski definition) is 5. The molecule has 184 valence electrons. The number of piperazine rings is 2. The van der Waals surface area contributed by atoms with E-state index in [9.17, 15) is 4.79 Å². The Morgan fingerprint density at radius 3 is 2.18 bits per heavy atom. The largest absolute Gasteiger partial charge is 0.368 e. The number of rotatable bonds is 6. The third-order valence-electron chi connectivity index (χ3n) is 6.23. The lowest BCUT2D eigenvalue weighted by Gasteiger charge is -2.37. The lowest BCUT2D eigenvalue weighted by molar-refractivity contribution is -0.131. The molecule has 4 rings (SSSR count). The molecule has 0 bridgehead atoms. The molecule has 9 heteroatoms. The van der Waals surface area contributed by atoms with Gasteiger partial charge in [0, 0.05) is 77.2 Å². The highest BCUT2D eigenvalue weighted by Crippen LogP contribution is 2.16. The lowest BCUT2D eigenvalue weighted by atomic mass is 10.2. The predicted molar refractivity (Wildman–Crippen MR) is 149 cm³/mol. The van der Waals surface area contributed by atoms with E-state index in [0.717, 1.165) is 70.7 Å². The zero-order valence-corrected chi connectivity index (χ0v) is 22.3. The van der Waals surface area contributed by atoms with Gasteiger partial charge in [-0.3, -0.25) is 9.79 Å². The van der Waals surface area contributed by atoms with Crippen molar-refractivity contribution in [3.05, 3.63) is 54.7 Å². The van der Waals surface area contributed by atoms with E-state index in [1.807, 2.05) is 29.3 Å². The number of aromatic nitrogens is 1. The monoisotopic (exact) mass is 577 g/mol. The highest BCUT2D eigenvalue weighted by molar-refractivity contribution is 14.0. The van der Waals surface area contributed by atoms with Crippen LogP contribution in [0, 0.1) is 0 Å². The molecule has 2 saturated heterocycles. The Morgan fingerprint density at radius 1 is 0.882 bits per heavy atom. The van der Waals surface area contributed by atoms with Gasteiger partial charge >= 0.3 is 0 Å². The average molecular weight is 578 g/mol. The van der Waals surface area contributed by atoms with Gasteiger partial charge in [-0.1, -0.05) is 24.3 Å². The molecule has 1 aromatic heterocycles. The number of halogens is 1. The Hall–Kier alpha value is -2.56. The summed E-state index contributed by atoms with van der Waals surface area (Å²) in [5, 5.41) is 3.40. The van der Waals surface area contributed by atoms with E-state index in [1.165, 1.54) is 5.69 Å². The minimum Gasteiger partial charge on any atom is -0.368 e. The van der Waals surface area contributed by atoms with Crippen LogP contribution in [0.1, 0.15) is 13.3 Å². The second-order valence-electron chi connectivity index (χ2n) is 8.35. The highest BCUT2D eigenvalue weighted by Gasteiger charge is 2.22. The number of carbonyl (C=O) groups excluding carboxylic acids is 1. The number of amides is 1. The quantitative estimate of drug-likeness (QED) is 0.324. The molecule has 0 radical (unpaired) electrons. The Labute approximate surface area is 220 Å². The summed E-state index contributed by atoms with van der Waals surface area (Å²) in [6.07, 6.45) is 2.26. The van der Waals surface area contributed by atoms with Crippen molar-refractivity contribution < 1.29 is 4.79 Å². The standard InChI is InChI=1S/C25H35N7O.HI/c1-2-26-25(32-20-14-29(15-21-32)22-8-4-3-5-9-22)28-13-11-24(33)31-18-16-30(17-19-31)23-10-6-7-12-27-23;/h3-10,12H,2,11,13-21H2,1H3,(H,26,28);1H. The van der Waals surface area contributed by atoms with E-state index in [0.29, 0.717) is 13.0 Å². The van der Waals surface area contributed by atoms with Crippen LogP contribution in [0.4, 0.5) is 11.5 Å². The molecule has 0 aliphatic carbocycles. The lowest BCUT2D eigenvalue weighted by Crippen LogP contribution is -2.52. The molecule has 0 spiro atoms. The van der Waals surface area contributed by atoms with E-state index in [1.54, 1.807) is 0 Å². The van der Waals surface area contributed by atoms with Crippen molar-refractivity contribution in [2.24, 2.45) is 4.99 Å². The van der Waals surface area contributed by atoms with Gasteiger partial charge in [0.25, 0.3) is 0 Å². The molecule has 3 heterocycles. The molecule has 2 fully saturated rings. The number of pyridine rings is 1. The molecule has 0 saturated carbocycles. The van der Waals surface area contributed by atoms with Crippen molar-refractivity contribution in [3.63, 3.8) is 0 Å². The third kappa shape index (κ3) is 6.97. The molecule has 0 atom stereocenters. The minimum atomic E-state index is 0. The maximum Gasteiger partial charge on any atom is 0.224 e. The summed E-state index contributed by atoms with van der Waals surface area (Å²) in [6, 6.07) is 16.5. The molecule has 0 unspecified atom stereocenters. The van der Waals surface area contributed by atoms with Crippen LogP contribution in [0.25, 0.3) is 0 Å². The minimum absolute atomic E-state index is 0. The second kappa shape index (κ2) is 13.4. The van der Waals surface area contributed by atoms with Crippen molar-refractivity contribution >= 4 is 47.3 Å². The van der Waals surface area contributed by atoms with E-state index in [4.69, 9.17) is 4.99 Å². The van der Waals surface area contributed by atoms with Crippen LogP contribution in [-0.2, 0) is 4.79 Å². The Balaban J connectivity index is 0.00000324. The SMILES string of the molecule is CCNC(=NCCC(=O)N1CCN(c2ccccn2)CC1)N1CCN(c2ccccc2)CC1.I. The van der Waals surface area contributed by atoms with Gasteiger partial charge in [0.15, 0.2) is 5.96 Å². The topological polar surface area (TPSA) is 67.3 Å². The first-order valence-electron chi connectivity index (χ1n) is 12.0. The fourth-order valence-corrected chi connectivity index (χ4v) is 4.38. The zero-order valence-electron chi connectivity index (χ0n) is 20.0. The second-order valence-corrected chi connectivity index (χ2v) is 8.35. The van der Waals surface area contributed by atoms with Crippen molar-refractivity contribution in [2.75, 3.05) is 75.2 Å². The first kappa shape index (κ1) is 26.1. The van der Waals surface area contributed by atoms with Gasteiger partial charge in [0.05, 0.1) is 6.54 Å². The molecule has 1 amide bonds. The van der Waals surface area contributed by atoms with E-state index >= 15 is 0 Å². The Bertz CT molecular complexity index is 896. The van der Waals surface area contributed by atoms with Gasteiger partial charge in [0.2, 0.25) is 5.91 Å². The molecule has 1 N–H and O–H groups in total. The van der Waals surface area contributed by atoms with E-state index in [-0.39, 0.29) is 29.9 Å². The number of nitrogens with zero attached hydrogens (tertiary/aromatic N) is 6. The van der Waals surface area contributed by atoms with Gasteiger partial charge in [-0.05, 0) is 31.2 Å². The molecule has 2 aromatic rings. The van der Waals surface area contributed by atoms with Crippen LogP contribution in [0.5, 0.6) is 0 Å². The van der Waals surface area contributed by atoms with E-state index in [2.05, 4.69) is 62.3 Å². The van der Waals surface area contributed by atoms with Gasteiger partial charge in [-0.25, -0.2) is 4.98 Å². The van der Waals surface area contributed by atoms with Crippen LogP contribution in [-0.4, -0.2) is 92.1 Å². The number of nitrogens with one attached hydrogen (secondary N) is 1. The molecule has 8 nitrogen and oxygen atoms in total. The molecule has 1 aromatic carbocycles. The number of hydrogen-bond donors (Lipinski definition) is 1. The van der Waals surface area contributed by atoms with E-state index < -0.39 is 0 Å². The summed E-state index contributed by atoms with van der Waals surface area (Å²) >= 11 is 0. The van der Waals surface area contributed by atoms with Crippen LogP contribution < -0.4 is 15.1 Å². The Morgan fingerprint density at radius 2 is 1.53 bits per heavy atom. The van der Waals surface area contributed by atoms with Gasteiger partial charge in [-0.2, -0.15) is 0 Å². The van der Waals surface area contributed by atoms with Crippen molar-refractivity contribution in [3.8, 4) is 0 Å². The number of benzene rings is 1. The molecular weight excluding hydrogens is 541 g/mol. The van der Waals surface area contributed by atoms with Crippen LogP contribution in [0.2, 0.25) is 0 Å². The normalized spacial score (nSPS) is 16.8. The summed E-state index contributed by atoms with van der Waals surface area (Å²) in [6.45, 7) is 10.3. The molecular formula is C25H36IN7O. The van der Waals surface area contributed by atoms with Crippen molar-refractivity contribution in [1.29, 1.82) is 0 Å². The summed E-state index contributed by atoms with van der Waals surface area (Å²) in [4.78, 5) is 30.8. The van der Waals surface area contributed by atoms with Gasteiger partial charge in [0.1, 0.15) is 5.82 Å². The number of para-hydroxylation sites is 1. The molecule has 34 heavy (non-hydrogen) atoms. The summed E-state index contributed by atoms with van der Waals surface area (Å²) in [5.74, 6) is 2.08. The third-order valence-corrected chi connectivity index (χ3v) is 6.23. The van der Waals surface area contributed by atoms with Crippen molar-refractivity contribution in [2.45, 2.75) is 13.3 Å². The van der Waals surface area contributed by atoms with Crippen LogP contribution >= 0.6 is 24.0 Å². The average Bonchev–Trinajstić information content (AvgIpc) is 2.89. The maximum atomic E-state index is 12.7. The fourth-order valence-electron chi connectivity index (χ4n) is 4.38. The molecule has 2 aliphatic rings. The summed E-state index contributed by atoms with van der Waals surface area (Å²) in [7, 11) is 0. The van der Waals surface area contributed by atoms with Crippen molar-refractivity contribution in [1.82, 2.24) is 20.1 Å².